The second-order valence-electron chi connectivity index (χ2n) is 3.55. The Morgan fingerprint density at radius 3 is 3.07 bits per heavy atom. The lowest BCUT2D eigenvalue weighted by molar-refractivity contribution is -0.139. The molecule has 1 aromatic rings. The fraction of sp³-hybridized carbons (Fsp3) is 0.600. The van der Waals surface area contributed by atoms with Gasteiger partial charge in [0.05, 0.1) is 12.6 Å². The van der Waals surface area contributed by atoms with Crippen molar-refractivity contribution in [1.29, 1.82) is 0 Å². The van der Waals surface area contributed by atoms with Gasteiger partial charge in [0.25, 0.3) is 0 Å². The Morgan fingerprint density at radius 2 is 2.57 bits per heavy atom. The van der Waals surface area contributed by atoms with Crippen LogP contribution in [-0.2, 0) is 4.84 Å². The van der Waals surface area contributed by atoms with Crippen LogP contribution in [0.1, 0.15) is 22.9 Å². The Kier molecular flexibility index (Phi) is 3.18. The maximum Gasteiger partial charge on any atom is 0.0819 e. The lowest BCUT2D eigenvalue weighted by Gasteiger charge is -2.24. The van der Waals surface area contributed by atoms with Crippen LogP contribution < -0.4 is 5.73 Å². The maximum absolute atomic E-state index is 5.80. The van der Waals surface area contributed by atoms with Crippen molar-refractivity contribution in [3.63, 3.8) is 0 Å². The predicted octanol–water partition coefficient (Wildman–Crippen LogP) is 1.69. The van der Waals surface area contributed by atoms with E-state index in [9.17, 15) is 0 Å². The van der Waals surface area contributed by atoms with E-state index in [1.54, 1.807) is 11.3 Å². The van der Waals surface area contributed by atoms with Crippen LogP contribution in [0.25, 0.3) is 0 Å². The molecule has 2 N–H and O–H groups in total. The molecule has 2 rings (SSSR count). The van der Waals surface area contributed by atoms with Crippen LogP contribution in [0.3, 0.4) is 0 Å². The van der Waals surface area contributed by atoms with Gasteiger partial charge in [-0.3, -0.25) is 4.84 Å². The zero-order valence-corrected chi connectivity index (χ0v) is 9.22. The first kappa shape index (κ1) is 10.1. The molecule has 3 nitrogen and oxygen atoms in total. The molecule has 0 radical (unpaired) electrons. The molecule has 1 unspecified atom stereocenters. The first-order valence-corrected chi connectivity index (χ1v) is 5.84. The van der Waals surface area contributed by atoms with E-state index >= 15 is 0 Å². The van der Waals surface area contributed by atoms with Crippen molar-refractivity contribution in [3.05, 3.63) is 21.9 Å². The fourth-order valence-corrected chi connectivity index (χ4v) is 2.84. The molecule has 1 fully saturated rings. The molecule has 0 aromatic carbocycles. The number of nitrogens with zero attached hydrogens (tertiary/aromatic N) is 1. The zero-order chi connectivity index (χ0) is 9.97. The van der Waals surface area contributed by atoms with Crippen molar-refractivity contribution in [2.24, 2.45) is 5.73 Å². The predicted molar refractivity (Wildman–Crippen MR) is 58.1 cm³/mol. The molecule has 4 heteroatoms. The molecule has 0 amide bonds. The Hall–Kier alpha value is -0.420. The number of rotatable bonds is 3. The number of nitrogens with two attached hydrogens (primary N) is 1. The Morgan fingerprint density at radius 1 is 1.71 bits per heavy atom. The normalized spacial score (nSPS) is 20.1. The molecular weight excluding hydrogens is 196 g/mol. The highest BCUT2D eigenvalue weighted by molar-refractivity contribution is 7.10. The minimum Gasteiger partial charge on any atom is -0.328 e. The van der Waals surface area contributed by atoms with Crippen molar-refractivity contribution in [1.82, 2.24) is 5.06 Å². The van der Waals surface area contributed by atoms with Crippen LogP contribution in [0, 0.1) is 6.92 Å². The highest BCUT2D eigenvalue weighted by Gasteiger charge is 2.25. The van der Waals surface area contributed by atoms with Crippen molar-refractivity contribution < 1.29 is 4.84 Å². The first-order valence-electron chi connectivity index (χ1n) is 4.96. The largest absolute Gasteiger partial charge is 0.328 e. The van der Waals surface area contributed by atoms with Crippen LogP contribution in [0.2, 0.25) is 0 Å². The summed E-state index contributed by atoms with van der Waals surface area (Å²) in [6.07, 6.45) is 1.11. The van der Waals surface area contributed by atoms with E-state index in [1.807, 2.05) is 5.06 Å². The second-order valence-corrected chi connectivity index (χ2v) is 4.49. The topological polar surface area (TPSA) is 38.5 Å². The summed E-state index contributed by atoms with van der Waals surface area (Å²) in [4.78, 5) is 6.89. The van der Waals surface area contributed by atoms with E-state index < -0.39 is 0 Å². The number of hydroxylamine groups is 2. The van der Waals surface area contributed by atoms with Gasteiger partial charge in [-0.05, 0) is 30.4 Å². The van der Waals surface area contributed by atoms with Gasteiger partial charge in [-0.15, -0.1) is 11.3 Å². The van der Waals surface area contributed by atoms with Crippen LogP contribution >= 0.6 is 11.3 Å². The molecule has 1 saturated heterocycles. The van der Waals surface area contributed by atoms with Gasteiger partial charge < -0.3 is 5.73 Å². The molecule has 2 heterocycles. The summed E-state index contributed by atoms with van der Waals surface area (Å²) in [5.74, 6) is 0. The zero-order valence-electron chi connectivity index (χ0n) is 8.40. The number of hydrogen-bond donors (Lipinski definition) is 1. The second kappa shape index (κ2) is 4.40. The quantitative estimate of drug-likeness (QED) is 0.828. The SMILES string of the molecule is Cc1ccsc1C(CN)N1CCCO1. The van der Waals surface area contributed by atoms with Crippen LogP contribution in [0.15, 0.2) is 11.4 Å². The van der Waals surface area contributed by atoms with Gasteiger partial charge in [0.2, 0.25) is 0 Å². The average molecular weight is 212 g/mol. The molecule has 14 heavy (non-hydrogen) atoms. The summed E-state index contributed by atoms with van der Waals surface area (Å²) < 4.78 is 0. The van der Waals surface area contributed by atoms with Crippen LogP contribution in [0.4, 0.5) is 0 Å². The summed E-state index contributed by atoms with van der Waals surface area (Å²) in [5, 5.41) is 4.14. The third kappa shape index (κ3) is 1.83. The molecule has 1 atom stereocenters. The van der Waals surface area contributed by atoms with Gasteiger partial charge in [0, 0.05) is 18.0 Å². The third-order valence-corrected chi connectivity index (χ3v) is 3.68. The summed E-state index contributed by atoms with van der Waals surface area (Å²) in [6.45, 7) is 4.59. The number of hydrogen-bond acceptors (Lipinski definition) is 4. The maximum atomic E-state index is 5.80. The lowest BCUT2D eigenvalue weighted by atomic mass is 10.1. The smallest absolute Gasteiger partial charge is 0.0819 e. The minimum atomic E-state index is 0.248. The number of thiophene rings is 1. The van der Waals surface area contributed by atoms with Crippen molar-refractivity contribution in [2.75, 3.05) is 19.7 Å². The highest BCUT2D eigenvalue weighted by Crippen LogP contribution is 2.29. The molecule has 1 aliphatic heterocycles. The minimum absolute atomic E-state index is 0.248. The molecule has 0 aliphatic carbocycles. The molecular formula is C10H16N2OS. The van der Waals surface area contributed by atoms with Gasteiger partial charge in [0.15, 0.2) is 0 Å². The average Bonchev–Trinajstić information content (AvgIpc) is 2.80. The first-order chi connectivity index (χ1) is 6.83. The van der Waals surface area contributed by atoms with E-state index in [0.29, 0.717) is 6.54 Å². The summed E-state index contributed by atoms with van der Waals surface area (Å²) in [7, 11) is 0. The van der Waals surface area contributed by atoms with Crippen LogP contribution in [0.5, 0.6) is 0 Å². The van der Waals surface area contributed by atoms with E-state index in [1.165, 1.54) is 10.4 Å². The van der Waals surface area contributed by atoms with Crippen molar-refractivity contribution >= 4 is 11.3 Å². The van der Waals surface area contributed by atoms with E-state index in [2.05, 4.69) is 18.4 Å². The molecule has 0 spiro atoms. The molecule has 0 bridgehead atoms. The molecule has 1 aliphatic rings. The summed E-state index contributed by atoms with van der Waals surface area (Å²) >= 11 is 1.77. The van der Waals surface area contributed by atoms with E-state index in [-0.39, 0.29) is 6.04 Å². The number of aryl methyl sites for hydroxylation is 1. The van der Waals surface area contributed by atoms with Crippen LogP contribution in [-0.4, -0.2) is 24.8 Å². The summed E-state index contributed by atoms with van der Waals surface area (Å²) in [5.41, 5.74) is 7.12. The molecule has 0 saturated carbocycles. The van der Waals surface area contributed by atoms with E-state index in [4.69, 9.17) is 10.6 Å². The van der Waals surface area contributed by atoms with Crippen molar-refractivity contribution in [2.45, 2.75) is 19.4 Å². The van der Waals surface area contributed by atoms with E-state index in [0.717, 1.165) is 19.6 Å². The third-order valence-electron chi connectivity index (χ3n) is 2.56. The van der Waals surface area contributed by atoms with Gasteiger partial charge in [0.1, 0.15) is 0 Å². The monoisotopic (exact) mass is 212 g/mol. The van der Waals surface area contributed by atoms with Gasteiger partial charge in [-0.1, -0.05) is 0 Å². The van der Waals surface area contributed by atoms with Gasteiger partial charge in [-0.2, -0.15) is 5.06 Å². The Balaban J connectivity index is 2.16. The summed E-state index contributed by atoms with van der Waals surface area (Å²) in [6, 6.07) is 2.39. The standard InChI is InChI=1S/C10H16N2OS/c1-8-3-6-14-10(8)9(7-11)12-4-2-5-13-12/h3,6,9H,2,4-5,7,11H2,1H3. The Bertz CT molecular complexity index is 294. The molecule has 78 valence electrons. The molecule has 1 aromatic heterocycles. The van der Waals surface area contributed by atoms with Gasteiger partial charge >= 0.3 is 0 Å². The fourth-order valence-electron chi connectivity index (χ4n) is 1.79. The highest BCUT2D eigenvalue weighted by atomic mass is 32.1. The lowest BCUT2D eigenvalue weighted by Crippen LogP contribution is -2.30. The Labute approximate surface area is 88.4 Å². The van der Waals surface area contributed by atoms with Gasteiger partial charge in [-0.25, -0.2) is 0 Å². The van der Waals surface area contributed by atoms with Crippen molar-refractivity contribution in [3.8, 4) is 0 Å².